The number of rotatable bonds is 5. The minimum absolute atomic E-state index is 0.0400. The Balaban J connectivity index is 1.99. The number of nitrogens with zero attached hydrogens (tertiary/aromatic N) is 2. The summed E-state index contributed by atoms with van der Waals surface area (Å²) in [4.78, 5) is 8.33. The second-order valence-corrected chi connectivity index (χ2v) is 5.23. The molecule has 1 atom stereocenters. The average Bonchev–Trinajstić information content (AvgIpc) is 2.91. The average molecular weight is 332 g/mol. The summed E-state index contributed by atoms with van der Waals surface area (Å²) in [5.74, 6) is 1.26. The van der Waals surface area contributed by atoms with E-state index in [1.54, 1.807) is 6.07 Å². The number of benzene rings is 1. The zero-order chi connectivity index (χ0) is 16.4. The van der Waals surface area contributed by atoms with Gasteiger partial charge in [0.25, 0.3) is 0 Å². The molecule has 120 valence electrons. The molecule has 1 unspecified atom stereocenters. The van der Waals surface area contributed by atoms with E-state index in [4.69, 9.17) is 31.2 Å². The lowest BCUT2D eigenvalue weighted by Crippen LogP contribution is -2.01. The Morgan fingerprint density at radius 2 is 1.87 bits per heavy atom. The van der Waals surface area contributed by atoms with Crippen molar-refractivity contribution in [2.75, 3.05) is 14.2 Å². The highest BCUT2D eigenvalue weighted by molar-refractivity contribution is 7.80. The van der Waals surface area contributed by atoms with Crippen molar-refractivity contribution in [3.8, 4) is 23.5 Å². The Labute approximate surface area is 139 Å². The van der Waals surface area contributed by atoms with Crippen LogP contribution in [0.2, 0.25) is 0 Å². The molecule has 2 aromatic rings. The van der Waals surface area contributed by atoms with Crippen LogP contribution in [0.5, 0.6) is 23.5 Å². The molecular weight excluding hydrogens is 316 g/mol. The molecule has 6 nitrogen and oxygen atoms in total. The fraction of sp³-hybridized carbons (Fsp3) is 0.312. The number of hydrogen-bond acceptors (Lipinski definition) is 7. The van der Waals surface area contributed by atoms with Crippen molar-refractivity contribution in [2.24, 2.45) is 0 Å². The Kier molecular flexibility index (Phi) is 4.29. The Bertz CT molecular complexity index is 729. The summed E-state index contributed by atoms with van der Waals surface area (Å²) in [5, 5.41) is 0.428. The first-order valence-electron chi connectivity index (χ1n) is 7.15. The van der Waals surface area contributed by atoms with Gasteiger partial charge >= 0.3 is 6.01 Å². The molecular formula is C16H16N2O4S. The van der Waals surface area contributed by atoms with Gasteiger partial charge in [-0.05, 0) is 24.7 Å². The lowest BCUT2D eigenvalue weighted by atomic mass is 10.0. The molecule has 0 bridgehead atoms. The standard InChI is InChI=1S/C16H16N2O4S/c1-4-10-9-6-5-7-11(14(9)15(23)21-10)22-16-17-12(19-2)8-13(18-16)20-3/h5-8,10H,4H2,1-3H3. The van der Waals surface area contributed by atoms with Crippen molar-refractivity contribution in [3.63, 3.8) is 0 Å². The molecule has 0 N–H and O–H groups in total. The van der Waals surface area contributed by atoms with Crippen LogP contribution in [0.15, 0.2) is 24.3 Å². The molecule has 2 heterocycles. The van der Waals surface area contributed by atoms with E-state index in [0.717, 1.165) is 17.5 Å². The van der Waals surface area contributed by atoms with E-state index >= 15 is 0 Å². The molecule has 23 heavy (non-hydrogen) atoms. The van der Waals surface area contributed by atoms with Gasteiger partial charge in [-0.3, -0.25) is 0 Å². The molecule has 0 amide bonds. The van der Waals surface area contributed by atoms with E-state index in [1.807, 2.05) is 25.1 Å². The summed E-state index contributed by atoms with van der Waals surface area (Å²) in [6, 6.07) is 7.39. The van der Waals surface area contributed by atoms with Crippen LogP contribution in [-0.4, -0.2) is 29.2 Å². The Hall–Kier alpha value is -2.41. The molecule has 1 aromatic carbocycles. The van der Waals surface area contributed by atoms with Crippen LogP contribution in [0.25, 0.3) is 0 Å². The van der Waals surface area contributed by atoms with Crippen molar-refractivity contribution in [1.29, 1.82) is 0 Å². The minimum atomic E-state index is -0.0400. The Morgan fingerprint density at radius 1 is 1.17 bits per heavy atom. The molecule has 1 aliphatic rings. The topological polar surface area (TPSA) is 62.7 Å². The molecule has 0 fully saturated rings. The summed E-state index contributed by atoms with van der Waals surface area (Å²) in [6.45, 7) is 2.05. The monoisotopic (exact) mass is 332 g/mol. The van der Waals surface area contributed by atoms with Crippen molar-refractivity contribution in [1.82, 2.24) is 9.97 Å². The summed E-state index contributed by atoms with van der Waals surface area (Å²) in [7, 11) is 3.03. The van der Waals surface area contributed by atoms with E-state index < -0.39 is 0 Å². The third-order valence-corrected chi connectivity index (χ3v) is 3.81. The molecule has 0 saturated heterocycles. The van der Waals surface area contributed by atoms with Gasteiger partial charge in [0.2, 0.25) is 11.8 Å². The molecule has 0 aliphatic carbocycles. The molecule has 3 rings (SSSR count). The number of aromatic nitrogens is 2. The Morgan fingerprint density at radius 3 is 2.48 bits per heavy atom. The van der Waals surface area contributed by atoms with Crippen LogP contribution in [-0.2, 0) is 4.74 Å². The fourth-order valence-corrected chi connectivity index (χ4v) is 2.75. The van der Waals surface area contributed by atoms with Crippen molar-refractivity contribution < 1.29 is 18.9 Å². The predicted octanol–water partition coefficient (Wildman–Crippen LogP) is 3.44. The fourth-order valence-electron chi connectivity index (χ4n) is 2.41. The second-order valence-electron chi connectivity index (χ2n) is 4.86. The first-order chi connectivity index (χ1) is 11.2. The zero-order valence-electron chi connectivity index (χ0n) is 13.0. The quantitative estimate of drug-likeness (QED) is 0.777. The van der Waals surface area contributed by atoms with E-state index in [9.17, 15) is 0 Å². The number of fused-ring (bicyclic) bond motifs is 1. The third kappa shape index (κ3) is 2.92. The van der Waals surface area contributed by atoms with Crippen LogP contribution in [0, 0.1) is 0 Å². The highest BCUT2D eigenvalue weighted by Crippen LogP contribution is 2.39. The normalized spacial score (nSPS) is 15.8. The van der Waals surface area contributed by atoms with Crippen molar-refractivity contribution >= 4 is 17.3 Å². The van der Waals surface area contributed by atoms with Gasteiger partial charge < -0.3 is 18.9 Å². The number of hydrogen-bond donors (Lipinski definition) is 0. The highest BCUT2D eigenvalue weighted by atomic mass is 32.1. The highest BCUT2D eigenvalue weighted by Gasteiger charge is 2.30. The lowest BCUT2D eigenvalue weighted by Gasteiger charge is -2.10. The van der Waals surface area contributed by atoms with Crippen LogP contribution < -0.4 is 14.2 Å². The number of methoxy groups -OCH3 is 2. The van der Waals surface area contributed by atoms with Gasteiger partial charge in [0.15, 0.2) is 5.05 Å². The van der Waals surface area contributed by atoms with Gasteiger partial charge in [-0.15, -0.1) is 0 Å². The van der Waals surface area contributed by atoms with Crippen LogP contribution >= 0.6 is 12.2 Å². The lowest BCUT2D eigenvalue weighted by molar-refractivity contribution is 0.211. The second kappa shape index (κ2) is 6.37. The smallest absolute Gasteiger partial charge is 0.328 e. The summed E-state index contributed by atoms with van der Waals surface area (Å²) in [5.41, 5.74) is 1.80. The largest absolute Gasteiger partial charge is 0.481 e. The van der Waals surface area contributed by atoms with Gasteiger partial charge in [0.1, 0.15) is 11.9 Å². The van der Waals surface area contributed by atoms with Crippen molar-refractivity contribution in [2.45, 2.75) is 19.4 Å². The molecule has 0 saturated carbocycles. The van der Waals surface area contributed by atoms with Crippen molar-refractivity contribution in [3.05, 3.63) is 35.4 Å². The summed E-state index contributed by atoms with van der Waals surface area (Å²) < 4.78 is 21.8. The maximum Gasteiger partial charge on any atom is 0.328 e. The maximum absolute atomic E-state index is 5.82. The van der Waals surface area contributed by atoms with Gasteiger partial charge in [0.05, 0.1) is 25.8 Å². The van der Waals surface area contributed by atoms with Gasteiger partial charge in [-0.2, -0.15) is 9.97 Å². The van der Waals surface area contributed by atoms with Crippen LogP contribution in [0.1, 0.15) is 30.6 Å². The third-order valence-electron chi connectivity index (χ3n) is 3.51. The van der Waals surface area contributed by atoms with Gasteiger partial charge in [0, 0.05) is 5.56 Å². The summed E-state index contributed by atoms with van der Waals surface area (Å²) in [6.07, 6.45) is 0.793. The molecule has 1 aliphatic heterocycles. The molecule has 0 spiro atoms. The first kappa shape index (κ1) is 15.5. The van der Waals surface area contributed by atoms with E-state index in [-0.39, 0.29) is 12.1 Å². The predicted molar refractivity (Wildman–Crippen MR) is 87.5 cm³/mol. The first-order valence-corrected chi connectivity index (χ1v) is 7.56. The number of thiocarbonyl (C=S) groups is 1. The summed E-state index contributed by atoms with van der Waals surface area (Å²) >= 11 is 5.33. The SMILES string of the molecule is CCC1OC(=S)c2c(Oc3nc(OC)cc(OC)n3)cccc21. The van der Waals surface area contributed by atoms with E-state index in [2.05, 4.69) is 9.97 Å². The molecule has 7 heteroatoms. The van der Waals surface area contributed by atoms with Crippen LogP contribution in [0.3, 0.4) is 0 Å². The number of ether oxygens (including phenoxy) is 4. The van der Waals surface area contributed by atoms with E-state index in [0.29, 0.717) is 22.6 Å². The van der Waals surface area contributed by atoms with Gasteiger partial charge in [-0.25, -0.2) is 0 Å². The molecule has 1 aromatic heterocycles. The van der Waals surface area contributed by atoms with Gasteiger partial charge in [-0.1, -0.05) is 19.1 Å². The van der Waals surface area contributed by atoms with E-state index in [1.165, 1.54) is 14.2 Å². The minimum Gasteiger partial charge on any atom is -0.481 e. The molecule has 0 radical (unpaired) electrons. The van der Waals surface area contributed by atoms with Crippen LogP contribution in [0.4, 0.5) is 0 Å². The zero-order valence-corrected chi connectivity index (χ0v) is 13.8. The maximum atomic E-state index is 5.82.